The van der Waals surface area contributed by atoms with Crippen LogP contribution in [0.2, 0.25) is 0 Å². The van der Waals surface area contributed by atoms with Crippen LogP contribution in [0.5, 0.6) is 0 Å². The summed E-state index contributed by atoms with van der Waals surface area (Å²) in [6, 6.07) is 5.70. The van der Waals surface area contributed by atoms with Crippen molar-refractivity contribution in [2.24, 2.45) is 0 Å². The Morgan fingerprint density at radius 1 is 1.53 bits per heavy atom. The first-order chi connectivity index (χ1) is 8.19. The van der Waals surface area contributed by atoms with Crippen LogP contribution in [-0.4, -0.2) is 23.0 Å². The lowest BCUT2D eigenvalue weighted by Crippen LogP contribution is -1.96. The number of carbonyl (C=O) groups is 1. The van der Waals surface area contributed by atoms with Gasteiger partial charge in [-0.2, -0.15) is 0 Å². The molecule has 0 fully saturated rings. The summed E-state index contributed by atoms with van der Waals surface area (Å²) in [7, 11) is 1.35. The molecule has 0 saturated carbocycles. The molecule has 1 aromatic heterocycles. The highest BCUT2D eigenvalue weighted by molar-refractivity contribution is 5.77. The molecule has 0 radical (unpaired) electrons. The Bertz CT molecular complexity index is 617. The average Bonchev–Trinajstić information content (AvgIpc) is 2.68. The van der Waals surface area contributed by atoms with Gasteiger partial charge < -0.3 is 9.72 Å². The Balaban J connectivity index is 2.21. The SMILES string of the molecule is COC(=O)CC#Cc1ccc2nc(C)[nH]c2c1. The number of aromatic amines is 1. The summed E-state index contributed by atoms with van der Waals surface area (Å²) in [6.07, 6.45) is 0.108. The van der Waals surface area contributed by atoms with Gasteiger partial charge in [-0.1, -0.05) is 11.8 Å². The van der Waals surface area contributed by atoms with Crippen molar-refractivity contribution in [3.8, 4) is 11.8 Å². The zero-order valence-electron chi connectivity index (χ0n) is 9.70. The number of nitrogens with zero attached hydrogens (tertiary/aromatic N) is 1. The summed E-state index contributed by atoms with van der Waals surface area (Å²) in [5.41, 5.74) is 2.72. The predicted octanol–water partition coefficient (Wildman–Crippen LogP) is 1.79. The second kappa shape index (κ2) is 4.71. The monoisotopic (exact) mass is 228 g/mol. The summed E-state index contributed by atoms with van der Waals surface area (Å²) in [6.45, 7) is 1.91. The maximum Gasteiger partial charge on any atom is 0.317 e. The number of ether oxygens (including phenoxy) is 1. The highest BCUT2D eigenvalue weighted by Crippen LogP contribution is 2.12. The zero-order chi connectivity index (χ0) is 12.3. The van der Waals surface area contributed by atoms with Crippen LogP contribution in [0.25, 0.3) is 11.0 Å². The third-order valence-corrected chi connectivity index (χ3v) is 2.29. The molecule has 86 valence electrons. The molecular formula is C13H12N2O2. The van der Waals surface area contributed by atoms with Crippen molar-refractivity contribution in [3.05, 3.63) is 29.6 Å². The van der Waals surface area contributed by atoms with Gasteiger partial charge in [0.25, 0.3) is 0 Å². The van der Waals surface area contributed by atoms with Crippen LogP contribution in [0.4, 0.5) is 0 Å². The number of aromatic nitrogens is 2. The Morgan fingerprint density at radius 2 is 2.35 bits per heavy atom. The summed E-state index contributed by atoms with van der Waals surface area (Å²) < 4.78 is 4.50. The van der Waals surface area contributed by atoms with Crippen LogP contribution < -0.4 is 0 Å². The molecule has 4 nitrogen and oxygen atoms in total. The summed E-state index contributed by atoms with van der Waals surface area (Å²) in [5.74, 6) is 6.23. The molecule has 1 heterocycles. The number of hydrogen-bond donors (Lipinski definition) is 1. The molecule has 0 amide bonds. The Kier molecular flexibility index (Phi) is 3.10. The maximum atomic E-state index is 10.9. The topological polar surface area (TPSA) is 55.0 Å². The number of fused-ring (bicyclic) bond motifs is 1. The van der Waals surface area contributed by atoms with Gasteiger partial charge in [0.15, 0.2) is 0 Å². The fourth-order valence-corrected chi connectivity index (χ4v) is 1.51. The molecule has 1 aromatic carbocycles. The van der Waals surface area contributed by atoms with E-state index in [4.69, 9.17) is 0 Å². The van der Waals surface area contributed by atoms with E-state index in [1.165, 1.54) is 7.11 Å². The molecule has 4 heteroatoms. The van der Waals surface area contributed by atoms with E-state index in [2.05, 4.69) is 26.5 Å². The number of H-pyrrole nitrogens is 1. The number of benzene rings is 1. The molecule has 0 aliphatic carbocycles. The van der Waals surface area contributed by atoms with Gasteiger partial charge in [0, 0.05) is 5.56 Å². The lowest BCUT2D eigenvalue weighted by molar-refractivity contribution is -0.139. The first kappa shape index (κ1) is 11.2. The van der Waals surface area contributed by atoms with Gasteiger partial charge >= 0.3 is 5.97 Å². The van der Waals surface area contributed by atoms with Gasteiger partial charge in [0.05, 0.1) is 18.1 Å². The molecule has 2 aromatic rings. The minimum absolute atomic E-state index is 0.108. The Hall–Kier alpha value is -2.28. The van der Waals surface area contributed by atoms with Gasteiger partial charge in [-0.25, -0.2) is 4.98 Å². The lowest BCUT2D eigenvalue weighted by Gasteiger charge is -1.91. The van der Waals surface area contributed by atoms with Crippen LogP contribution in [-0.2, 0) is 9.53 Å². The highest BCUT2D eigenvalue weighted by Gasteiger charge is 1.99. The second-order valence-electron chi connectivity index (χ2n) is 3.61. The van der Waals surface area contributed by atoms with Crippen molar-refractivity contribution in [1.82, 2.24) is 9.97 Å². The summed E-state index contributed by atoms with van der Waals surface area (Å²) >= 11 is 0. The molecule has 0 saturated heterocycles. The molecule has 17 heavy (non-hydrogen) atoms. The van der Waals surface area contributed by atoms with Crippen molar-refractivity contribution in [2.45, 2.75) is 13.3 Å². The summed E-state index contributed by atoms with van der Waals surface area (Å²) in [4.78, 5) is 18.3. The molecule has 0 atom stereocenters. The number of imidazole rings is 1. The van der Waals surface area contributed by atoms with Crippen LogP contribution >= 0.6 is 0 Å². The number of carbonyl (C=O) groups excluding carboxylic acids is 1. The van der Waals surface area contributed by atoms with E-state index in [9.17, 15) is 4.79 Å². The van der Waals surface area contributed by atoms with E-state index in [0.717, 1.165) is 22.4 Å². The molecule has 0 unspecified atom stereocenters. The third kappa shape index (κ3) is 2.64. The fourth-order valence-electron chi connectivity index (χ4n) is 1.51. The van der Waals surface area contributed by atoms with Crippen LogP contribution in [0, 0.1) is 18.8 Å². The van der Waals surface area contributed by atoms with Crippen LogP contribution in [0.1, 0.15) is 17.8 Å². The Labute approximate surface area is 99.0 Å². The molecule has 1 N–H and O–H groups in total. The number of esters is 1. The van der Waals surface area contributed by atoms with Gasteiger partial charge in [-0.05, 0) is 25.1 Å². The quantitative estimate of drug-likeness (QED) is 0.598. The van der Waals surface area contributed by atoms with Gasteiger partial charge in [0.2, 0.25) is 0 Å². The number of aryl methyl sites for hydroxylation is 1. The summed E-state index contributed by atoms with van der Waals surface area (Å²) in [5, 5.41) is 0. The van der Waals surface area contributed by atoms with Crippen molar-refractivity contribution >= 4 is 17.0 Å². The predicted molar refractivity (Wildman–Crippen MR) is 64.3 cm³/mol. The van der Waals surface area contributed by atoms with Crippen molar-refractivity contribution in [1.29, 1.82) is 0 Å². The molecular weight excluding hydrogens is 216 g/mol. The number of rotatable bonds is 1. The van der Waals surface area contributed by atoms with Crippen LogP contribution in [0.15, 0.2) is 18.2 Å². The van der Waals surface area contributed by atoms with E-state index >= 15 is 0 Å². The van der Waals surface area contributed by atoms with Gasteiger partial charge in [-0.15, -0.1) is 0 Å². The largest absolute Gasteiger partial charge is 0.468 e. The molecule has 2 rings (SSSR count). The number of hydrogen-bond acceptors (Lipinski definition) is 3. The van der Waals surface area contributed by atoms with Crippen molar-refractivity contribution in [3.63, 3.8) is 0 Å². The average molecular weight is 228 g/mol. The van der Waals surface area contributed by atoms with Gasteiger partial charge in [-0.3, -0.25) is 4.79 Å². The zero-order valence-corrected chi connectivity index (χ0v) is 9.70. The van der Waals surface area contributed by atoms with Crippen LogP contribution in [0.3, 0.4) is 0 Å². The molecule has 0 spiro atoms. The lowest BCUT2D eigenvalue weighted by atomic mass is 10.2. The molecule has 0 aliphatic heterocycles. The smallest absolute Gasteiger partial charge is 0.317 e. The number of nitrogens with one attached hydrogen (secondary N) is 1. The standard InChI is InChI=1S/C13H12N2O2/c1-9-14-11-7-6-10(8-12(11)15-9)4-3-5-13(16)17-2/h6-8H,5H2,1-2H3,(H,14,15). The Morgan fingerprint density at radius 3 is 3.12 bits per heavy atom. The normalized spacial score (nSPS) is 9.76. The van der Waals surface area contributed by atoms with E-state index in [1.54, 1.807) is 0 Å². The molecule has 0 bridgehead atoms. The van der Waals surface area contributed by atoms with E-state index in [-0.39, 0.29) is 12.4 Å². The van der Waals surface area contributed by atoms with Gasteiger partial charge in [0.1, 0.15) is 12.2 Å². The van der Waals surface area contributed by atoms with Crippen molar-refractivity contribution < 1.29 is 9.53 Å². The highest BCUT2D eigenvalue weighted by atomic mass is 16.5. The van der Waals surface area contributed by atoms with Crippen molar-refractivity contribution in [2.75, 3.05) is 7.11 Å². The second-order valence-corrected chi connectivity index (χ2v) is 3.61. The third-order valence-electron chi connectivity index (χ3n) is 2.29. The first-order valence-corrected chi connectivity index (χ1v) is 5.21. The first-order valence-electron chi connectivity index (χ1n) is 5.21. The number of methoxy groups -OCH3 is 1. The van der Waals surface area contributed by atoms with E-state index in [0.29, 0.717) is 0 Å². The molecule has 0 aliphatic rings. The fraction of sp³-hybridized carbons (Fsp3) is 0.231. The van der Waals surface area contributed by atoms with E-state index in [1.807, 2.05) is 25.1 Å². The maximum absolute atomic E-state index is 10.9. The minimum atomic E-state index is -0.323. The van der Waals surface area contributed by atoms with E-state index < -0.39 is 0 Å². The minimum Gasteiger partial charge on any atom is -0.468 e.